The van der Waals surface area contributed by atoms with Gasteiger partial charge in [0.1, 0.15) is 0 Å². The molecule has 2 aliphatic rings. The van der Waals surface area contributed by atoms with E-state index in [1.165, 1.54) is 10.9 Å². The lowest BCUT2D eigenvalue weighted by molar-refractivity contribution is -0.166. The third-order valence-corrected chi connectivity index (χ3v) is 4.59. The number of nitrogens with zero attached hydrogens (tertiary/aromatic N) is 2. The van der Waals surface area contributed by atoms with Gasteiger partial charge in [-0.05, 0) is 25.7 Å². The van der Waals surface area contributed by atoms with Crippen molar-refractivity contribution in [2.75, 3.05) is 11.9 Å². The molecule has 1 aromatic heterocycles. The maximum absolute atomic E-state index is 12.2. The highest BCUT2D eigenvalue weighted by atomic mass is 16.5. The molecule has 8 heteroatoms. The fraction of sp³-hybridized carbons (Fsp3) is 0.667. The molecule has 1 aliphatic carbocycles. The van der Waals surface area contributed by atoms with Gasteiger partial charge in [-0.1, -0.05) is 0 Å². The number of aliphatic carboxylic acids is 1. The fourth-order valence-corrected chi connectivity index (χ4v) is 3.38. The Morgan fingerprint density at radius 1 is 1.48 bits per heavy atom. The quantitative estimate of drug-likeness (QED) is 0.729. The van der Waals surface area contributed by atoms with Gasteiger partial charge >= 0.3 is 5.97 Å². The molecule has 2 heterocycles. The van der Waals surface area contributed by atoms with Crippen molar-refractivity contribution >= 4 is 17.6 Å². The summed E-state index contributed by atoms with van der Waals surface area (Å²) in [7, 11) is 0. The molecule has 1 saturated heterocycles. The van der Waals surface area contributed by atoms with Crippen LogP contribution in [0.3, 0.4) is 0 Å². The zero-order valence-electron chi connectivity index (χ0n) is 12.9. The zero-order valence-corrected chi connectivity index (χ0v) is 12.9. The molecule has 1 unspecified atom stereocenters. The molecule has 0 aromatic carbocycles. The van der Waals surface area contributed by atoms with Gasteiger partial charge in [0.25, 0.3) is 0 Å². The Hall–Kier alpha value is -1.93. The van der Waals surface area contributed by atoms with Gasteiger partial charge in [-0.2, -0.15) is 5.10 Å². The first-order chi connectivity index (χ1) is 11.0. The van der Waals surface area contributed by atoms with E-state index < -0.39 is 5.97 Å². The van der Waals surface area contributed by atoms with Crippen LogP contribution in [0.25, 0.3) is 0 Å². The third kappa shape index (κ3) is 3.70. The second kappa shape index (κ2) is 6.29. The number of aromatic nitrogens is 2. The molecule has 0 bridgehead atoms. The summed E-state index contributed by atoms with van der Waals surface area (Å²) in [6.07, 6.45) is 6.29. The lowest BCUT2D eigenvalue weighted by Gasteiger charge is -2.50. The minimum atomic E-state index is -0.878. The van der Waals surface area contributed by atoms with Gasteiger partial charge in [0.15, 0.2) is 0 Å². The van der Waals surface area contributed by atoms with E-state index >= 15 is 0 Å². The van der Waals surface area contributed by atoms with Crippen molar-refractivity contribution in [1.82, 2.24) is 9.78 Å². The van der Waals surface area contributed by atoms with Crippen LogP contribution in [0.2, 0.25) is 0 Å². The standard InChI is InChI=1S/C15H22N4O4/c16-11-2-4-23-15(7-11)5-10(6-15)14(22)18-12-8-17-19(9-12)3-1-13(20)21/h8-11H,1-7,16H2,(H,18,22)(H,20,21). The number of carbonyl (C=O) groups is 2. The third-order valence-electron chi connectivity index (χ3n) is 4.59. The van der Waals surface area contributed by atoms with Crippen molar-refractivity contribution in [2.45, 2.75) is 50.3 Å². The summed E-state index contributed by atoms with van der Waals surface area (Å²) in [6, 6.07) is 0.167. The summed E-state index contributed by atoms with van der Waals surface area (Å²) in [5, 5.41) is 15.5. The molecule has 2 fully saturated rings. The Kier molecular flexibility index (Phi) is 4.36. The lowest BCUT2D eigenvalue weighted by atomic mass is 9.66. The summed E-state index contributed by atoms with van der Waals surface area (Å²) < 4.78 is 7.34. The SMILES string of the molecule is NC1CCOC2(C1)CC(C(=O)Nc1cnn(CCC(=O)O)c1)C2. The number of ether oxygens (including phenoxy) is 1. The molecule has 1 atom stereocenters. The number of carboxylic acid groups (broad SMARTS) is 1. The van der Waals surface area contributed by atoms with Gasteiger partial charge in [0.05, 0.1) is 30.5 Å². The maximum Gasteiger partial charge on any atom is 0.305 e. The Morgan fingerprint density at radius 3 is 2.96 bits per heavy atom. The van der Waals surface area contributed by atoms with Crippen LogP contribution in [-0.4, -0.2) is 45.0 Å². The summed E-state index contributed by atoms with van der Waals surface area (Å²) in [5.74, 6) is -0.990. The molecule has 1 aliphatic heterocycles. The molecule has 1 amide bonds. The Labute approximate surface area is 134 Å². The highest BCUT2D eigenvalue weighted by Crippen LogP contribution is 2.46. The minimum absolute atomic E-state index is 0.00218. The van der Waals surface area contributed by atoms with E-state index in [2.05, 4.69) is 10.4 Å². The first-order valence-corrected chi connectivity index (χ1v) is 7.90. The van der Waals surface area contributed by atoms with Crippen LogP contribution in [0, 0.1) is 5.92 Å². The van der Waals surface area contributed by atoms with Crippen LogP contribution in [0.4, 0.5) is 5.69 Å². The Bertz CT molecular complexity index is 594. The molecule has 4 N–H and O–H groups in total. The molecule has 3 rings (SSSR count). The Morgan fingerprint density at radius 2 is 2.26 bits per heavy atom. The summed E-state index contributed by atoms with van der Waals surface area (Å²) >= 11 is 0. The van der Waals surface area contributed by atoms with Crippen LogP contribution in [0.5, 0.6) is 0 Å². The average molecular weight is 322 g/mol. The number of rotatable bonds is 5. The fourth-order valence-electron chi connectivity index (χ4n) is 3.38. The monoisotopic (exact) mass is 322 g/mol. The lowest BCUT2D eigenvalue weighted by Crippen LogP contribution is -2.55. The van der Waals surface area contributed by atoms with Crippen LogP contribution in [0.15, 0.2) is 12.4 Å². The van der Waals surface area contributed by atoms with Crippen molar-refractivity contribution in [3.8, 4) is 0 Å². The normalized spacial score (nSPS) is 30.0. The second-order valence-electron chi connectivity index (χ2n) is 6.51. The molecule has 1 aromatic rings. The average Bonchev–Trinajstić information content (AvgIpc) is 2.90. The van der Waals surface area contributed by atoms with Crippen molar-refractivity contribution in [1.29, 1.82) is 0 Å². The molecule has 126 valence electrons. The van der Waals surface area contributed by atoms with Crippen molar-refractivity contribution in [3.63, 3.8) is 0 Å². The van der Waals surface area contributed by atoms with Gasteiger partial charge in [0, 0.05) is 24.8 Å². The first kappa shape index (κ1) is 15.9. The van der Waals surface area contributed by atoms with Crippen LogP contribution in [0.1, 0.15) is 32.1 Å². The van der Waals surface area contributed by atoms with Crippen molar-refractivity contribution < 1.29 is 19.4 Å². The molecule has 1 spiro atoms. The van der Waals surface area contributed by atoms with E-state index in [0.29, 0.717) is 25.1 Å². The van der Waals surface area contributed by atoms with E-state index in [4.69, 9.17) is 15.6 Å². The topological polar surface area (TPSA) is 119 Å². The van der Waals surface area contributed by atoms with Gasteiger partial charge < -0.3 is 20.9 Å². The molecule has 1 saturated carbocycles. The van der Waals surface area contributed by atoms with Crippen LogP contribution >= 0.6 is 0 Å². The van der Waals surface area contributed by atoms with Crippen molar-refractivity contribution in [2.24, 2.45) is 11.7 Å². The minimum Gasteiger partial charge on any atom is -0.481 e. The zero-order chi connectivity index (χ0) is 16.4. The van der Waals surface area contributed by atoms with Crippen LogP contribution in [-0.2, 0) is 20.9 Å². The highest BCUT2D eigenvalue weighted by molar-refractivity contribution is 5.93. The van der Waals surface area contributed by atoms with Crippen molar-refractivity contribution in [3.05, 3.63) is 12.4 Å². The summed E-state index contributed by atoms with van der Waals surface area (Å²) in [4.78, 5) is 22.8. The largest absolute Gasteiger partial charge is 0.481 e. The molecule has 0 radical (unpaired) electrons. The summed E-state index contributed by atoms with van der Waals surface area (Å²) in [6.45, 7) is 0.954. The predicted molar refractivity (Wildman–Crippen MR) is 81.7 cm³/mol. The summed E-state index contributed by atoms with van der Waals surface area (Å²) in [5.41, 5.74) is 6.37. The molecule has 8 nitrogen and oxygen atoms in total. The number of anilines is 1. The van der Waals surface area contributed by atoms with E-state index in [9.17, 15) is 9.59 Å². The number of carboxylic acids is 1. The predicted octanol–water partition coefficient (Wildman–Crippen LogP) is 0.583. The number of nitrogens with two attached hydrogens (primary N) is 1. The van der Waals surface area contributed by atoms with E-state index in [-0.39, 0.29) is 36.4 Å². The molecule has 23 heavy (non-hydrogen) atoms. The van der Waals surface area contributed by atoms with Gasteiger partial charge in [-0.15, -0.1) is 0 Å². The van der Waals surface area contributed by atoms with E-state index in [1.54, 1.807) is 6.20 Å². The van der Waals surface area contributed by atoms with E-state index in [1.807, 2.05) is 0 Å². The van der Waals surface area contributed by atoms with Gasteiger partial charge in [-0.3, -0.25) is 14.3 Å². The van der Waals surface area contributed by atoms with Crippen LogP contribution < -0.4 is 11.1 Å². The Balaban J connectivity index is 1.48. The first-order valence-electron chi connectivity index (χ1n) is 7.90. The van der Waals surface area contributed by atoms with E-state index in [0.717, 1.165) is 12.8 Å². The smallest absolute Gasteiger partial charge is 0.305 e. The highest BCUT2D eigenvalue weighted by Gasteiger charge is 2.50. The molecular formula is C15H22N4O4. The number of hydrogen-bond acceptors (Lipinski definition) is 5. The number of amides is 1. The second-order valence-corrected chi connectivity index (χ2v) is 6.51. The maximum atomic E-state index is 12.2. The van der Waals surface area contributed by atoms with Gasteiger partial charge in [-0.25, -0.2) is 0 Å². The number of nitrogens with one attached hydrogen (secondary N) is 1. The number of aryl methyl sites for hydroxylation is 1. The number of carbonyl (C=O) groups excluding carboxylic acids is 1. The molecular weight excluding hydrogens is 300 g/mol. The number of hydrogen-bond donors (Lipinski definition) is 3. The van der Waals surface area contributed by atoms with Gasteiger partial charge in [0.2, 0.25) is 5.91 Å².